The van der Waals surface area contributed by atoms with Crippen LogP contribution >= 0.6 is 0 Å². The smallest absolute Gasteiger partial charge is 0.274 e. The number of carbonyl (C=O) groups is 1. The molecule has 2 aromatic rings. The molecule has 1 aliphatic heterocycles. The van der Waals surface area contributed by atoms with Crippen molar-refractivity contribution in [3.63, 3.8) is 0 Å². The molecule has 6 heteroatoms. The molecule has 0 aliphatic carbocycles. The van der Waals surface area contributed by atoms with Crippen molar-refractivity contribution in [3.05, 3.63) is 42.4 Å². The van der Waals surface area contributed by atoms with Gasteiger partial charge in [0.1, 0.15) is 23.6 Å². The maximum atomic E-state index is 12.6. The van der Waals surface area contributed by atoms with Crippen LogP contribution < -0.4 is 15.0 Å². The number of anilines is 2. The molecule has 1 aromatic carbocycles. The van der Waals surface area contributed by atoms with Gasteiger partial charge in [-0.05, 0) is 56.9 Å². The monoisotopic (exact) mass is 354 g/mol. The van der Waals surface area contributed by atoms with Crippen LogP contribution in [-0.4, -0.2) is 35.1 Å². The first-order valence-corrected chi connectivity index (χ1v) is 9.34. The van der Waals surface area contributed by atoms with Crippen LogP contribution in [0.1, 0.15) is 50.0 Å². The maximum absolute atomic E-state index is 12.6. The average Bonchev–Trinajstić information content (AvgIpc) is 2.69. The highest BCUT2D eigenvalue weighted by molar-refractivity contribution is 6.03. The lowest BCUT2D eigenvalue weighted by Crippen LogP contribution is -2.39. The Balaban J connectivity index is 1.71. The first kappa shape index (κ1) is 18.2. The number of hydrogen-bond acceptors (Lipinski definition) is 5. The summed E-state index contributed by atoms with van der Waals surface area (Å²) in [5.41, 5.74) is 1.09. The number of amides is 1. The minimum absolute atomic E-state index is 0.233. The van der Waals surface area contributed by atoms with E-state index in [2.05, 4.69) is 27.1 Å². The van der Waals surface area contributed by atoms with Crippen LogP contribution in [0, 0.1) is 0 Å². The Bertz CT molecular complexity index is 733. The van der Waals surface area contributed by atoms with E-state index in [0.717, 1.165) is 31.0 Å². The molecule has 26 heavy (non-hydrogen) atoms. The van der Waals surface area contributed by atoms with Gasteiger partial charge in [0.2, 0.25) is 0 Å². The van der Waals surface area contributed by atoms with Gasteiger partial charge in [0, 0.05) is 24.3 Å². The van der Waals surface area contributed by atoms with Gasteiger partial charge in [-0.25, -0.2) is 9.97 Å². The third kappa shape index (κ3) is 4.31. The molecule has 0 radical (unpaired) electrons. The molecule has 0 saturated carbocycles. The molecule has 1 N–H and O–H groups in total. The van der Waals surface area contributed by atoms with Crippen molar-refractivity contribution in [2.24, 2.45) is 0 Å². The third-order valence-electron chi connectivity index (χ3n) is 4.70. The minimum atomic E-state index is -0.233. The highest BCUT2D eigenvalue weighted by Crippen LogP contribution is 2.25. The fourth-order valence-corrected chi connectivity index (χ4v) is 3.35. The largest absolute Gasteiger partial charge is 0.494 e. The van der Waals surface area contributed by atoms with Gasteiger partial charge in [-0.1, -0.05) is 6.92 Å². The maximum Gasteiger partial charge on any atom is 0.274 e. The van der Waals surface area contributed by atoms with Crippen LogP contribution in [0.25, 0.3) is 0 Å². The van der Waals surface area contributed by atoms with Crippen molar-refractivity contribution in [2.45, 2.75) is 45.6 Å². The first-order valence-electron chi connectivity index (χ1n) is 9.34. The number of ether oxygens (including phenoxy) is 1. The van der Waals surface area contributed by atoms with E-state index in [1.807, 2.05) is 31.2 Å². The van der Waals surface area contributed by atoms with Gasteiger partial charge in [0.15, 0.2) is 0 Å². The molecule has 2 heterocycles. The van der Waals surface area contributed by atoms with E-state index in [-0.39, 0.29) is 5.91 Å². The Morgan fingerprint density at radius 2 is 2.04 bits per heavy atom. The van der Waals surface area contributed by atoms with E-state index in [4.69, 9.17) is 4.74 Å². The minimum Gasteiger partial charge on any atom is -0.494 e. The van der Waals surface area contributed by atoms with E-state index in [1.54, 1.807) is 6.07 Å². The van der Waals surface area contributed by atoms with E-state index in [9.17, 15) is 4.79 Å². The predicted molar refractivity (Wildman–Crippen MR) is 103 cm³/mol. The van der Waals surface area contributed by atoms with Crippen LogP contribution in [0.3, 0.4) is 0 Å². The number of benzene rings is 1. The number of carbonyl (C=O) groups excluding carboxylic acids is 1. The molecule has 0 spiro atoms. The normalized spacial score (nSPS) is 17.0. The summed E-state index contributed by atoms with van der Waals surface area (Å²) in [6.07, 6.45) is 6.15. The molecule has 6 nitrogen and oxygen atoms in total. The van der Waals surface area contributed by atoms with E-state index in [1.165, 1.54) is 19.2 Å². The third-order valence-corrected chi connectivity index (χ3v) is 4.70. The number of rotatable bonds is 6. The Morgan fingerprint density at radius 3 is 2.77 bits per heavy atom. The summed E-state index contributed by atoms with van der Waals surface area (Å²) in [5, 5.41) is 2.88. The molecule has 0 bridgehead atoms. The SMILES string of the molecule is CCOc1ccc(NC(=O)c2cc(N3CCCCC3CC)ncn2)cc1. The van der Waals surface area contributed by atoms with Crippen molar-refractivity contribution < 1.29 is 9.53 Å². The topological polar surface area (TPSA) is 67.3 Å². The van der Waals surface area contributed by atoms with Gasteiger partial charge >= 0.3 is 0 Å². The van der Waals surface area contributed by atoms with Gasteiger partial charge in [-0.15, -0.1) is 0 Å². The highest BCUT2D eigenvalue weighted by atomic mass is 16.5. The summed E-state index contributed by atoms with van der Waals surface area (Å²) in [6, 6.07) is 9.60. The molecule has 1 aromatic heterocycles. The molecule has 1 unspecified atom stereocenters. The van der Waals surface area contributed by atoms with Gasteiger partial charge in [0.05, 0.1) is 6.61 Å². The van der Waals surface area contributed by atoms with Crippen LogP contribution in [0.15, 0.2) is 36.7 Å². The molecule has 1 atom stereocenters. The highest BCUT2D eigenvalue weighted by Gasteiger charge is 2.23. The molecule has 1 saturated heterocycles. The van der Waals surface area contributed by atoms with E-state index >= 15 is 0 Å². The molecule has 3 rings (SSSR count). The van der Waals surface area contributed by atoms with E-state index in [0.29, 0.717) is 24.0 Å². The van der Waals surface area contributed by atoms with Crippen LogP contribution in [0.4, 0.5) is 11.5 Å². The summed E-state index contributed by atoms with van der Waals surface area (Å²) in [4.78, 5) is 23.4. The number of nitrogens with zero attached hydrogens (tertiary/aromatic N) is 3. The van der Waals surface area contributed by atoms with Gasteiger partial charge < -0.3 is 15.0 Å². The number of hydrogen-bond donors (Lipinski definition) is 1. The fraction of sp³-hybridized carbons (Fsp3) is 0.450. The van der Waals surface area contributed by atoms with Crippen molar-refractivity contribution in [1.29, 1.82) is 0 Å². The Morgan fingerprint density at radius 1 is 1.23 bits per heavy atom. The number of nitrogens with one attached hydrogen (secondary N) is 1. The van der Waals surface area contributed by atoms with Crippen molar-refractivity contribution >= 4 is 17.4 Å². The van der Waals surface area contributed by atoms with Crippen LogP contribution in [0.2, 0.25) is 0 Å². The molecule has 138 valence electrons. The Hall–Kier alpha value is -2.63. The number of aromatic nitrogens is 2. The predicted octanol–water partition coefficient (Wildman–Crippen LogP) is 3.90. The zero-order chi connectivity index (χ0) is 18.4. The first-order chi connectivity index (χ1) is 12.7. The molecule has 1 aliphatic rings. The zero-order valence-electron chi connectivity index (χ0n) is 15.4. The van der Waals surface area contributed by atoms with Crippen LogP contribution in [0.5, 0.6) is 5.75 Å². The zero-order valence-corrected chi connectivity index (χ0v) is 15.4. The summed E-state index contributed by atoms with van der Waals surface area (Å²) in [6.45, 7) is 5.73. The van der Waals surface area contributed by atoms with Gasteiger partial charge in [0.25, 0.3) is 5.91 Å². The molecule has 1 fully saturated rings. The lowest BCUT2D eigenvalue weighted by Gasteiger charge is -2.36. The van der Waals surface area contributed by atoms with Gasteiger partial charge in [-0.2, -0.15) is 0 Å². The molecule has 1 amide bonds. The lowest BCUT2D eigenvalue weighted by molar-refractivity contribution is 0.102. The Labute approximate surface area is 154 Å². The second-order valence-corrected chi connectivity index (χ2v) is 6.42. The second kappa shape index (κ2) is 8.65. The average molecular weight is 354 g/mol. The van der Waals surface area contributed by atoms with Gasteiger partial charge in [-0.3, -0.25) is 4.79 Å². The summed E-state index contributed by atoms with van der Waals surface area (Å²) in [5.74, 6) is 1.39. The van der Waals surface area contributed by atoms with Crippen molar-refractivity contribution in [1.82, 2.24) is 9.97 Å². The fourth-order valence-electron chi connectivity index (χ4n) is 3.35. The lowest BCUT2D eigenvalue weighted by atomic mass is 10.00. The molecular formula is C20H26N4O2. The standard InChI is InChI=1S/C20H26N4O2/c1-3-16-7-5-6-12-24(16)19-13-18(21-14-22-19)20(25)23-15-8-10-17(11-9-15)26-4-2/h8-11,13-14,16H,3-7,12H2,1-2H3,(H,23,25). The summed E-state index contributed by atoms with van der Waals surface area (Å²) < 4.78 is 5.42. The van der Waals surface area contributed by atoms with E-state index < -0.39 is 0 Å². The van der Waals surface area contributed by atoms with Crippen molar-refractivity contribution in [2.75, 3.05) is 23.4 Å². The Kier molecular flexibility index (Phi) is 6.04. The quantitative estimate of drug-likeness (QED) is 0.852. The van der Waals surface area contributed by atoms with Crippen LogP contribution in [-0.2, 0) is 0 Å². The summed E-state index contributed by atoms with van der Waals surface area (Å²) in [7, 11) is 0. The second-order valence-electron chi connectivity index (χ2n) is 6.42. The molecular weight excluding hydrogens is 328 g/mol. The summed E-state index contributed by atoms with van der Waals surface area (Å²) >= 11 is 0. The number of piperidine rings is 1. The van der Waals surface area contributed by atoms with Crippen molar-refractivity contribution in [3.8, 4) is 5.75 Å².